The van der Waals surface area contributed by atoms with Crippen molar-refractivity contribution in [2.75, 3.05) is 13.1 Å². The van der Waals surface area contributed by atoms with Gasteiger partial charge < -0.3 is 10.1 Å². The van der Waals surface area contributed by atoms with Gasteiger partial charge in [0.15, 0.2) is 0 Å². The molecule has 1 fully saturated rings. The molecule has 2 heterocycles. The molecule has 1 aliphatic heterocycles. The Hall–Kier alpha value is -0.840. The summed E-state index contributed by atoms with van der Waals surface area (Å²) in [4.78, 5) is 15.4. The second-order valence-electron chi connectivity index (χ2n) is 4.34. The van der Waals surface area contributed by atoms with Gasteiger partial charge in [-0.05, 0) is 43.1 Å². The lowest BCUT2D eigenvalue weighted by Gasteiger charge is -2.09. The second kappa shape index (κ2) is 6.36. The van der Waals surface area contributed by atoms with Gasteiger partial charge in [-0.15, -0.1) is 0 Å². The number of pyridine rings is 1. The van der Waals surface area contributed by atoms with E-state index in [1.807, 2.05) is 0 Å². The van der Waals surface area contributed by atoms with Crippen LogP contribution in [-0.4, -0.2) is 24.0 Å². The maximum Gasteiger partial charge on any atom is 0.306 e. The largest absolute Gasteiger partial charge is 0.461 e. The van der Waals surface area contributed by atoms with Crippen molar-refractivity contribution in [3.8, 4) is 0 Å². The maximum absolute atomic E-state index is 11.6. The van der Waals surface area contributed by atoms with Gasteiger partial charge in [-0.3, -0.25) is 4.79 Å². The monoisotopic (exact) mass is 288 g/mol. The van der Waals surface area contributed by atoms with Crippen LogP contribution >= 0.6 is 23.2 Å². The fourth-order valence-electron chi connectivity index (χ4n) is 1.94. The number of carbonyl (C=O) groups excluding carboxylic acids is 1. The van der Waals surface area contributed by atoms with E-state index in [0.29, 0.717) is 22.6 Å². The average molecular weight is 289 g/mol. The highest BCUT2D eigenvalue weighted by molar-refractivity contribution is 6.32. The van der Waals surface area contributed by atoms with Gasteiger partial charge in [-0.25, -0.2) is 4.98 Å². The summed E-state index contributed by atoms with van der Waals surface area (Å²) in [5.41, 5.74) is 0.748. The van der Waals surface area contributed by atoms with E-state index >= 15 is 0 Å². The second-order valence-corrected chi connectivity index (χ2v) is 5.12. The Morgan fingerprint density at radius 3 is 2.78 bits per heavy atom. The Kier molecular flexibility index (Phi) is 4.80. The standard InChI is InChI=1S/C12H14Cl2N2O2/c13-10-3-9(4-11(14)16-10)7-18-12(17)5-8-1-2-15-6-8/h3-4,8,15H,1-2,5-7H2/t8-/m1/s1. The van der Waals surface area contributed by atoms with Crippen molar-refractivity contribution in [3.63, 3.8) is 0 Å². The number of rotatable bonds is 4. The SMILES string of the molecule is O=C(C[C@H]1CCNC1)OCc1cc(Cl)nc(Cl)c1. The fourth-order valence-corrected chi connectivity index (χ4v) is 2.45. The van der Waals surface area contributed by atoms with Crippen LogP contribution in [0.3, 0.4) is 0 Å². The minimum Gasteiger partial charge on any atom is -0.461 e. The first-order chi connectivity index (χ1) is 8.63. The van der Waals surface area contributed by atoms with Gasteiger partial charge in [0, 0.05) is 6.42 Å². The van der Waals surface area contributed by atoms with Crippen molar-refractivity contribution in [2.24, 2.45) is 5.92 Å². The predicted molar refractivity (Wildman–Crippen MR) is 69.6 cm³/mol. The predicted octanol–water partition coefficient (Wildman–Crippen LogP) is 2.43. The zero-order valence-corrected chi connectivity index (χ0v) is 11.3. The lowest BCUT2D eigenvalue weighted by Crippen LogP contribution is -2.14. The highest BCUT2D eigenvalue weighted by atomic mass is 35.5. The molecule has 6 heteroatoms. The minimum atomic E-state index is -0.187. The van der Waals surface area contributed by atoms with E-state index in [9.17, 15) is 4.79 Å². The van der Waals surface area contributed by atoms with Gasteiger partial charge in [-0.2, -0.15) is 0 Å². The number of nitrogens with one attached hydrogen (secondary N) is 1. The molecule has 1 aromatic rings. The molecule has 4 nitrogen and oxygen atoms in total. The molecule has 1 atom stereocenters. The zero-order valence-electron chi connectivity index (χ0n) is 9.79. The lowest BCUT2D eigenvalue weighted by molar-refractivity contribution is -0.145. The summed E-state index contributed by atoms with van der Waals surface area (Å²) in [5, 5.41) is 3.81. The molecule has 0 bridgehead atoms. The first kappa shape index (κ1) is 13.6. The van der Waals surface area contributed by atoms with Crippen LogP contribution in [0.15, 0.2) is 12.1 Å². The molecule has 0 saturated carbocycles. The number of esters is 1. The molecular formula is C12H14Cl2N2O2. The molecule has 1 saturated heterocycles. The van der Waals surface area contributed by atoms with Crippen LogP contribution in [0.4, 0.5) is 0 Å². The van der Waals surface area contributed by atoms with E-state index in [1.165, 1.54) is 0 Å². The summed E-state index contributed by atoms with van der Waals surface area (Å²) in [5.74, 6) is 0.204. The molecule has 0 aromatic carbocycles. The quantitative estimate of drug-likeness (QED) is 0.683. The van der Waals surface area contributed by atoms with Crippen LogP contribution in [0, 0.1) is 5.92 Å². The minimum absolute atomic E-state index is 0.181. The van der Waals surface area contributed by atoms with E-state index in [4.69, 9.17) is 27.9 Å². The zero-order chi connectivity index (χ0) is 13.0. The molecule has 0 aliphatic carbocycles. The molecule has 0 amide bonds. The highest BCUT2D eigenvalue weighted by Gasteiger charge is 2.18. The van der Waals surface area contributed by atoms with E-state index in [-0.39, 0.29) is 12.6 Å². The highest BCUT2D eigenvalue weighted by Crippen LogP contribution is 2.17. The topological polar surface area (TPSA) is 51.2 Å². The Balaban J connectivity index is 1.81. The van der Waals surface area contributed by atoms with Crippen LogP contribution in [0.1, 0.15) is 18.4 Å². The maximum atomic E-state index is 11.6. The smallest absolute Gasteiger partial charge is 0.306 e. The van der Waals surface area contributed by atoms with Crippen LogP contribution in [0.2, 0.25) is 10.3 Å². The molecule has 1 aliphatic rings. The molecule has 1 N–H and O–H groups in total. The first-order valence-electron chi connectivity index (χ1n) is 5.82. The molecule has 0 spiro atoms. The third-order valence-corrected chi connectivity index (χ3v) is 3.23. The normalized spacial score (nSPS) is 18.9. The summed E-state index contributed by atoms with van der Waals surface area (Å²) < 4.78 is 5.19. The summed E-state index contributed by atoms with van der Waals surface area (Å²) >= 11 is 11.5. The van der Waals surface area contributed by atoms with Gasteiger partial charge in [0.25, 0.3) is 0 Å². The Bertz CT molecular complexity index is 414. The van der Waals surface area contributed by atoms with Crippen molar-refractivity contribution in [3.05, 3.63) is 28.0 Å². The molecule has 1 aromatic heterocycles. The summed E-state index contributed by atoms with van der Waals surface area (Å²) in [7, 11) is 0. The summed E-state index contributed by atoms with van der Waals surface area (Å²) in [6, 6.07) is 3.27. The van der Waals surface area contributed by atoms with Crippen molar-refractivity contribution >= 4 is 29.2 Å². The average Bonchev–Trinajstić information content (AvgIpc) is 2.78. The first-order valence-corrected chi connectivity index (χ1v) is 6.57. The fraction of sp³-hybridized carbons (Fsp3) is 0.500. The van der Waals surface area contributed by atoms with Gasteiger partial charge in [-0.1, -0.05) is 23.2 Å². The van der Waals surface area contributed by atoms with Crippen LogP contribution in [0.5, 0.6) is 0 Å². The molecule has 0 radical (unpaired) electrons. The van der Waals surface area contributed by atoms with Gasteiger partial charge in [0.1, 0.15) is 16.9 Å². The van der Waals surface area contributed by atoms with Crippen molar-refractivity contribution in [1.29, 1.82) is 0 Å². The summed E-state index contributed by atoms with van der Waals surface area (Å²) in [6.45, 7) is 2.05. The lowest BCUT2D eigenvalue weighted by atomic mass is 10.1. The van der Waals surface area contributed by atoms with Crippen molar-refractivity contribution in [2.45, 2.75) is 19.4 Å². The van der Waals surface area contributed by atoms with E-state index in [0.717, 1.165) is 25.1 Å². The van der Waals surface area contributed by atoms with Crippen molar-refractivity contribution in [1.82, 2.24) is 10.3 Å². The van der Waals surface area contributed by atoms with Gasteiger partial charge in [0.05, 0.1) is 0 Å². The van der Waals surface area contributed by atoms with Crippen LogP contribution in [0.25, 0.3) is 0 Å². The summed E-state index contributed by atoms with van der Waals surface area (Å²) in [6.07, 6.45) is 1.49. The number of halogens is 2. The van der Waals surface area contributed by atoms with Gasteiger partial charge >= 0.3 is 5.97 Å². The Labute approximate surface area is 116 Å². The number of nitrogens with zero attached hydrogens (tertiary/aromatic N) is 1. The van der Waals surface area contributed by atoms with Crippen LogP contribution < -0.4 is 5.32 Å². The van der Waals surface area contributed by atoms with Crippen molar-refractivity contribution < 1.29 is 9.53 Å². The number of carbonyl (C=O) groups is 1. The number of ether oxygens (including phenoxy) is 1. The van der Waals surface area contributed by atoms with E-state index < -0.39 is 0 Å². The molecule has 2 rings (SSSR count). The number of hydrogen-bond donors (Lipinski definition) is 1. The Morgan fingerprint density at radius 2 is 2.17 bits per heavy atom. The molecule has 0 unspecified atom stereocenters. The Morgan fingerprint density at radius 1 is 1.44 bits per heavy atom. The van der Waals surface area contributed by atoms with E-state index in [2.05, 4.69) is 10.3 Å². The number of hydrogen-bond acceptors (Lipinski definition) is 4. The molecule has 18 heavy (non-hydrogen) atoms. The third kappa shape index (κ3) is 4.12. The third-order valence-electron chi connectivity index (χ3n) is 2.84. The number of aromatic nitrogens is 1. The van der Waals surface area contributed by atoms with Gasteiger partial charge in [0.2, 0.25) is 0 Å². The van der Waals surface area contributed by atoms with E-state index in [1.54, 1.807) is 12.1 Å². The van der Waals surface area contributed by atoms with Crippen LogP contribution in [-0.2, 0) is 16.1 Å². The molecular weight excluding hydrogens is 275 g/mol. The molecule has 98 valence electrons.